The second-order valence-electron chi connectivity index (χ2n) is 8.37. The number of nitrogens with zero attached hydrogens (tertiary/aromatic N) is 1. The van der Waals surface area contributed by atoms with E-state index in [0.29, 0.717) is 24.8 Å². The van der Waals surface area contributed by atoms with E-state index in [1.165, 1.54) is 17.4 Å². The summed E-state index contributed by atoms with van der Waals surface area (Å²) in [6, 6.07) is 13.6. The van der Waals surface area contributed by atoms with Gasteiger partial charge in [-0.2, -0.15) is 0 Å². The number of thiazole rings is 1. The Balaban J connectivity index is 1.80. The van der Waals surface area contributed by atoms with E-state index in [-0.39, 0.29) is 37.6 Å². The fourth-order valence-electron chi connectivity index (χ4n) is 4.18. The van der Waals surface area contributed by atoms with Crippen molar-refractivity contribution in [2.24, 2.45) is 5.73 Å². The number of amides is 1. The van der Waals surface area contributed by atoms with E-state index in [0.717, 1.165) is 22.3 Å². The van der Waals surface area contributed by atoms with Crippen LogP contribution in [0.25, 0.3) is 10.4 Å². The molecule has 3 rings (SSSR count). The fourth-order valence-corrected chi connectivity index (χ4v) is 4.81. The zero-order valence-corrected chi connectivity index (χ0v) is 19.8. The lowest BCUT2D eigenvalue weighted by Gasteiger charge is -2.36. The maximum Gasteiger partial charge on any atom is 0.222 e. The van der Waals surface area contributed by atoms with Crippen LogP contribution < -0.4 is 11.1 Å². The van der Waals surface area contributed by atoms with Crippen molar-refractivity contribution < 1.29 is 19.1 Å². The summed E-state index contributed by atoms with van der Waals surface area (Å²) in [7, 11) is 0. The van der Waals surface area contributed by atoms with Gasteiger partial charge in [0.1, 0.15) is 12.1 Å². The molecule has 3 aromatic rings. The van der Waals surface area contributed by atoms with Crippen molar-refractivity contribution in [3.63, 3.8) is 0 Å². The first-order chi connectivity index (χ1) is 16.5. The van der Waals surface area contributed by atoms with Crippen LogP contribution in [0.4, 0.5) is 4.39 Å². The summed E-state index contributed by atoms with van der Waals surface area (Å²) in [4.78, 5) is 29.4. The third-order valence-electron chi connectivity index (χ3n) is 5.87. The molecule has 1 heterocycles. The van der Waals surface area contributed by atoms with Gasteiger partial charge in [0.25, 0.3) is 0 Å². The Labute approximate surface area is 203 Å². The van der Waals surface area contributed by atoms with Crippen LogP contribution in [0.1, 0.15) is 43.2 Å². The number of halogens is 1. The van der Waals surface area contributed by atoms with Gasteiger partial charge in [-0.05, 0) is 48.4 Å². The Kier molecular flexibility index (Phi) is 9.44. The molecule has 0 aliphatic heterocycles. The summed E-state index contributed by atoms with van der Waals surface area (Å²) >= 11 is 1.54. The average Bonchev–Trinajstić information content (AvgIpc) is 3.37. The highest BCUT2D eigenvalue weighted by Crippen LogP contribution is 2.34. The van der Waals surface area contributed by atoms with E-state index in [1.54, 1.807) is 29.9 Å². The van der Waals surface area contributed by atoms with Gasteiger partial charge >= 0.3 is 0 Å². The fraction of sp³-hybridized carbons (Fsp3) is 0.346. The lowest BCUT2D eigenvalue weighted by atomic mass is 9.80. The van der Waals surface area contributed by atoms with Crippen LogP contribution in [0.3, 0.4) is 0 Å². The Morgan fingerprint density at radius 3 is 2.62 bits per heavy atom. The molecule has 0 spiro atoms. The van der Waals surface area contributed by atoms with Gasteiger partial charge in [0.05, 0.1) is 15.9 Å². The molecule has 1 aromatic heterocycles. The molecule has 0 radical (unpaired) electrons. The standard InChI is InChI=1S/C26H30FN3O3S/c27-23-6-2-1-5-20(23)15-22(28)16-25(33)30-26(11-3-13-31,12-4-14-32)21-9-7-19(8-10-21)24-17-29-18-34-24/h1-2,5-10,13,17-18,22,32H,3-4,11-12,14-16,28H2,(H,30,33). The minimum atomic E-state index is -0.829. The van der Waals surface area contributed by atoms with Crippen molar-refractivity contribution in [2.45, 2.75) is 50.1 Å². The molecule has 6 nitrogen and oxygen atoms in total. The van der Waals surface area contributed by atoms with Crippen molar-refractivity contribution in [3.05, 3.63) is 77.2 Å². The zero-order chi connectivity index (χ0) is 24.4. The van der Waals surface area contributed by atoms with Gasteiger partial charge in [0, 0.05) is 31.7 Å². The number of rotatable bonds is 13. The Hall–Kier alpha value is -2.94. The smallest absolute Gasteiger partial charge is 0.222 e. The van der Waals surface area contributed by atoms with Crippen LogP contribution in [-0.4, -0.2) is 34.9 Å². The number of nitrogens with two attached hydrogens (primary N) is 1. The minimum Gasteiger partial charge on any atom is -0.396 e. The van der Waals surface area contributed by atoms with Crippen LogP contribution in [0.15, 0.2) is 60.2 Å². The molecule has 4 N–H and O–H groups in total. The Morgan fingerprint density at radius 2 is 1.97 bits per heavy atom. The topological polar surface area (TPSA) is 105 Å². The van der Waals surface area contributed by atoms with Crippen LogP contribution in [-0.2, 0) is 21.5 Å². The molecule has 0 saturated heterocycles. The largest absolute Gasteiger partial charge is 0.396 e. The lowest BCUT2D eigenvalue weighted by molar-refractivity contribution is -0.124. The molecule has 0 fully saturated rings. The number of aromatic nitrogens is 1. The maximum atomic E-state index is 14.0. The first-order valence-electron chi connectivity index (χ1n) is 11.3. The number of hydrogen-bond acceptors (Lipinski definition) is 6. The number of carbonyl (C=O) groups is 2. The van der Waals surface area contributed by atoms with E-state index in [2.05, 4.69) is 10.3 Å². The molecule has 34 heavy (non-hydrogen) atoms. The van der Waals surface area contributed by atoms with Crippen LogP contribution >= 0.6 is 11.3 Å². The van der Waals surface area contributed by atoms with Gasteiger partial charge in [-0.1, -0.05) is 42.5 Å². The maximum absolute atomic E-state index is 14.0. The van der Waals surface area contributed by atoms with Crippen LogP contribution in [0, 0.1) is 5.82 Å². The van der Waals surface area contributed by atoms with Gasteiger partial charge in [-0.15, -0.1) is 11.3 Å². The highest BCUT2D eigenvalue weighted by Gasteiger charge is 2.33. The van der Waals surface area contributed by atoms with Crippen molar-refractivity contribution in [2.75, 3.05) is 6.61 Å². The van der Waals surface area contributed by atoms with Crippen molar-refractivity contribution >= 4 is 23.5 Å². The number of hydrogen-bond donors (Lipinski definition) is 3. The normalized spacial score (nSPS) is 13.7. The molecule has 180 valence electrons. The van der Waals surface area contributed by atoms with Gasteiger partial charge in [-0.25, -0.2) is 4.39 Å². The molecular weight excluding hydrogens is 453 g/mol. The Morgan fingerprint density at radius 1 is 1.21 bits per heavy atom. The highest BCUT2D eigenvalue weighted by atomic mass is 32.1. The zero-order valence-electron chi connectivity index (χ0n) is 19.0. The highest BCUT2D eigenvalue weighted by molar-refractivity contribution is 7.13. The monoisotopic (exact) mass is 483 g/mol. The SMILES string of the molecule is NC(CC(=O)NC(CCC=O)(CCCO)c1ccc(-c2cncs2)cc1)Cc1ccccc1F. The molecule has 8 heteroatoms. The van der Waals surface area contributed by atoms with E-state index < -0.39 is 11.6 Å². The van der Waals surface area contributed by atoms with Crippen LogP contribution in [0.2, 0.25) is 0 Å². The molecule has 0 aliphatic rings. The molecule has 0 saturated carbocycles. The quantitative estimate of drug-likeness (QED) is 0.319. The number of carbonyl (C=O) groups excluding carboxylic acids is 2. The molecule has 2 atom stereocenters. The summed E-state index contributed by atoms with van der Waals surface area (Å²) in [5.74, 6) is -0.623. The molecule has 0 bridgehead atoms. The summed E-state index contributed by atoms with van der Waals surface area (Å²) in [6.45, 7) is -0.0372. The number of nitrogens with one attached hydrogen (secondary N) is 1. The summed E-state index contributed by atoms with van der Waals surface area (Å²) in [5, 5.41) is 12.6. The van der Waals surface area contributed by atoms with Crippen molar-refractivity contribution in [3.8, 4) is 10.4 Å². The second-order valence-corrected chi connectivity index (χ2v) is 9.25. The van der Waals surface area contributed by atoms with Crippen molar-refractivity contribution in [1.29, 1.82) is 0 Å². The van der Waals surface area contributed by atoms with E-state index >= 15 is 0 Å². The molecule has 0 aliphatic carbocycles. The third-order valence-corrected chi connectivity index (χ3v) is 6.69. The predicted octanol–water partition coefficient (Wildman–Crippen LogP) is 3.97. The number of aldehydes is 1. The van der Waals surface area contributed by atoms with Gasteiger partial charge in [-0.3, -0.25) is 9.78 Å². The Bertz CT molecular complexity index is 1060. The number of benzene rings is 2. The number of aliphatic hydroxyl groups is 1. The van der Waals surface area contributed by atoms with Gasteiger partial charge in [0.2, 0.25) is 5.91 Å². The molecule has 1 amide bonds. The van der Waals surface area contributed by atoms with Gasteiger partial charge < -0.3 is 21.0 Å². The number of aliphatic hydroxyl groups excluding tert-OH is 1. The van der Waals surface area contributed by atoms with E-state index in [4.69, 9.17) is 5.73 Å². The minimum absolute atomic E-state index is 0.00917. The lowest BCUT2D eigenvalue weighted by Crippen LogP contribution is -2.48. The molecule has 2 unspecified atom stereocenters. The molecular formula is C26H30FN3O3S. The summed E-state index contributed by atoms with van der Waals surface area (Å²) in [5.41, 5.74) is 9.45. The molecule has 2 aromatic carbocycles. The summed E-state index contributed by atoms with van der Waals surface area (Å²) < 4.78 is 14.0. The first-order valence-corrected chi connectivity index (χ1v) is 12.2. The van der Waals surface area contributed by atoms with Crippen molar-refractivity contribution in [1.82, 2.24) is 10.3 Å². The van der Waals surface area contributed by atoms with E-state index in [9.17, 15) is 19.1 Å². The summed E-state index contributed by atoms with van der Waals surface area (Å²) in [6.07, 6.45) is 4.44. The average molecular weight is 484 g/mol. The van der Waals surface area contributed by atoms with Gasteiger partial charge in [0.15, 0.2) is 0 Å². The first kappa shape index (κ1) is 25.7. The predicted molar refractivity (Wildman–Crippen MR) is 132 cm³/mol. The van der Waals surface area contributed by atoms with Crippen LogP contribution in [0.5, 0.6) is 0 Å². The van der Waals surface area contributed by atoms with E-state index in [1.807, 2.05) is 24.3 Å². The third kappa shape index (κ3) is 6.79. The second kappa shape index (κ2) is 12.5.